The molecule has 33 heavy (non-hydrogen) atoms. The Labute approximate surface area is 201 Å². The van der Waals surface area contributed by atoms with Crippen molar-refractivity contribution in [3.63, 3.8) is 0 Å². The molecule has 3 atom stereocenters. The number of carbonyl (C=O) groups excluding carboxylic acids is 1. The molecule has 0 aliphatic heterocycles. The first-order valence-corrected chi connectivity index (χ1v) is 11.7. The molecular formula is C26H32N4O2S. The molecule has 0 spiro atoms. The van der Waals surface area contributed by atoms with Crippen molar-refractivity contribution in [2.75, 3.05) is 17.6 Å². The van der Waals surface area contributed by atoms with Gasteiger partial charge < -0.3 is 21.1 Å². The number of aromatic nitrogens is 1. The number of thiol groups is 1. The number of nitrogens with zero attached hydrogens (tertiary/aromatic N) is 1. The van der Waals surface area contributed by atoms with Gasteiger partial charge in [-0.25, -0.2) is 4.98 Å². The molecule has 0 saturated heterocycles. The van der Waals surface area contributed by atoms with E-state index in [0.29, 0.717) is 23.9 Å². The fourth-order valence-electron chi connectivity index (χ4n) is 3.44. The molecule has 3 aromatic rings. The van der Waals surface area contributed by atoms with Crippen molar-refractivity contribution in [3.8, 4) is 17.1 Å². The van der Waals surface area contributed by atoms with E-state index in [9.17, 15) is 4.79 Å². The molecule has 3 rings (SSSR count). The van der Waals surface area contributed by atoms with Crippen LogP contribution in [0.15, 0.2) is 66.7 Å². The molecule has 3 unspecified atom stereocenters. The number of hydrogen-bond donors (Lipinski definition) is 4. The van der Waals surface area contributed by atoms with Crippen molar-refractivity contribution < 1.29 is 9.53 Å². The van der Waals surface area contributed by atoms with Crippen LogP contribution in [0.2, 0.25) is 0 Å². The zero-order valence-electron chi connectivity index (χ0n) is 19.3. The van der Waals surface area contributed by atoms with Gasteiger partial charge in [0, 0.05) is 23.9 Å². The van der Waals surface area contributed by atoms with Crippen LogP contribution in [0.3, 0.4) is 0 Å². The molecule has 0 aliphatic carbocycles. The van der Waals surface area contributed by atoms with Crippen LogP contribution in [-0.4, -0.2) is 35.3 Å². The molecule has 0 aliphatic rings. The van der Waals surface area contributed by atoms with Crippen LogP contribution in [0.5, 0.6) is 5.88 Å². The highest BCUT2D eigenvalue weighted by atomic mass is 32.1. The van der Waals surface area contributed by atoms with Crippen LogP contribution >= 0.6 is 12.6 Å². The number of hydrogen-bond acceptors (Lipinski definition) is 6. The molecular weight excluding hydrogens is 432 g/mol. The summed E-state index contributed by atoms with van der Waals surface area (Å²) in [4.78, 5) is 17.6. The Bertz CT molecular complexity index is 1060. The Balaban J connectivity index is 1.78. The highest BCUT2D eigenvalue weighted by Gasteiger charge is 2.21. The molecule has 174 valence electrons. The third kappa shape index (κ3) is 6.73. The molecule has 7 heteroatoms. The van der Waals surface area contributed by atoms with Gasteiger partial charge in [0.25, 0.3) is 5.91 Å². The first kappa shape index (κ1) is 24.6. The van der Waals surface area contributed by atoms with E-state index >= 15 is 0 Å². The second-order valence-electron chi connectivity index (χ2n) is 8.09. The lowest BCUT2D eigenvalue weighted by Crippen LogP contribution is -2.38. The third-order valence-corrected chi connectivity index (χ3v) is 5.86. The van der Waals surface area contributed by atoms with Crippen LogP contribution in [0.4, 0.5) is 5.69 Å². The molecule has 4 N–H and O–H groups in total. The smallest absolute Gasteiger partial charge is 0.261 e. The second kappa shape index (κ2) is 11.7. The van der Waals surface area contributed by atoms with Gasteiger partial charge in [-0.1, -0.05) is 54.6 Å². The monoisotopic (exact) mass is 464 g/mol. The number of benzene rings is 2. The summed E-state index contributed by atoms with van der Waals surface area (Å²) in [6.45, 7) is 6.23. The van der Waals surface area contributed by atoms with E-state index in [1.807, 2.05) is 80.6 Å². The van der Waals surface area contributed by atoms with E-state index in [1.165, 1.54) is 0 Å². The predicted octanol–water partition coefficient (Wildman–Crippen LogP) is 4.37. The van der Waals surface area contributed by atoms with Gasteiger partial charge in [0.2, 0.25) is 5.88 Å². The summed E-state index contributed by atoms with van der Waals surface area (Å²) in [7, 11) is 0. The maximum Gasteiger partial charge on any atom is 0.261 e. The summed E-state index contributed by atoms with van der Waals surface area (Å²) in [6.07, 6.45) is -0.742. The van der Waals surface area contributed by atoms with Crippen LogP contribution in [0, 0.1) is 6.92 Å². The van der Waals surface area contributed by atoms with E-state index in [2.05, 4.69) is 23.3 Å². The quantitative estimate of drug-likeness (QED) is 0.335. The molecule has 0 radical (unpaired) electrons. The Morgan fingerprint density at radius 3 is 2.45 bits per heavy atom. The average Bonchev–Trinajstić information content (AvgIpc) is 2.83. The number of nitrogens with two attached hydrogens (primary N) is 1. The zero-order valence-corrected chi connectivity index (χ0v) is 20.2. The number of nitrogens with one attached hydrogen (secondary N) is 2. The summed E-state index contributed by atoms with van der Waals surface area (Å²) in [5.74, 6) is 0.693. The number of pyridine rings is 1. The Morgan fingerprint density at radius 2 is 1.76 bits per heavy atom. The summed E-state index contributed by atoms with van der Waals surface area (Å²) >= 11 is 4.24. The lowest BCUT2D eigenvalue weighted by Gasteiger charge is -2.21. The molecule has 1 amide bonds. The van der Waals surface area contributed by atoms with E-state index < -0.39 is 6.10 Å². The molecule has 1 heterocycles. The summed E-state index contributed by atoms with van der Waals surface area (Å²) < 4.78 is 6.06. The average molecular weight is 465 g/mol. The van der Waals surface area contributed by atoms with Gasteiger partial charge in [-0.05, 0) is 44.0 Å². The van der Waals surface area contributed by atoms with Crippen LogP contribution < -0.4 is 21.1 Å². The van der Waals surface area contributed by atoms with Gasteiger partial charge in [-0.15, -0.1) is 0 Å². The van der Waals surface area contributed by atoms with E-state index in [-0.39, 0.29) is 18.0 Å². The molecule has 6 nitrogen and oxygen atoms in total. The van der Waals surface area contributed by atoms with Gasteiger partial charge in [0.05, 0.1) is 17.4 Å². The van der Waals surface area contributed by atoms with Crippen molar-refractivity contribution in [1.29, 1.82) is 0 Å². The van der Waals surface area contributed by atoms with Crippen molar-refractivity contribution >= 4 is 24.2 Å². The Hall–Kier alpha value is -3.03. The van der Waals surface area contributed by atoms with E-state index in [4.69, 9.17) is 15.5 Å². The minimum Gasteiger partial charge on any atom is -0.463 e. The van der Waals surface area contributed by atoms with Gasteiger partial charge in [0.15, 0.2) is 6.10 Å². The first-order chi connectivity index (χ1) is 15.9. The standard InChI is InChI=1S/C26H32N4O2S/c1-17-9-7-8-12-22(17)18(2)29-25(31)19(3)32-26-24(28-15-21(27)16-33)14-13-23(30-26)20-10-5-4-6-11-20/h4-14,18-19,21,28,33H,15-16,27H2,1-3H3,(H,29,31). The number of anilines is 1. The van der Waals surface area contributed by atoms with Crippen molar-refractivity contribution in [2.45, 2.75) is 39.0 Å². The topological polar surface area (TPSA) is 89.3 Å². The van der Waals surface area contributed by atoms with Gasteiger partial charge in [-0.2, -0.15) is 12.6 Å². The lowest BCUT2D eigenvalue weighted by atomic mass is 10.0. The van der Waals surface area contributed by atoms with E-state index in [0.717, 1.165) is 22.4 Å². The number of aryl methyl sites for hydroxylation is 1. The SMILES string of the molecule is Cc1ccccc1C(C)NC(=O)C(C)Oc1nc(-c2ccccc2)ccc1NCC(N)CS. The van der Waals surface area contributed by atoms with Crippen molar-refractivity contribution in [3.05, 3.63) is 77.9 Å². The fraction of sp³-hybridized carbons (Fsp3) is 0.308. The van der Waals surface area contributed by atoms with Crippen molar-refractivity contribution in [1.82, 2.24) is 10.3 Å². The molecule has 1 aromatic heterocycles. The van der Waals surface area contributed by atoms with Gasteiger partial charge in [-0.3, -0.25) is 4.79 Å². The number of carbonyl (C=O) groups is 1. The highest BCUT2D eigenvalue weighted by Crippen LogP contribution is 2.28. The molecule has 2 aromatic carbocycles. The van der Waals surface area contributed by atoms with Gasteiger partial charge in [0.1, 0.15) is 0 Å². The van der Waals surface area contributed by atoms with E-state index in [1.54, 1.807) is 6.92 Å². The van der Waals surface area contributed by atoms with Crippen LogP contribution in [0.1, 0.15) is 31.0 Å². The van der Waals surface area contributed by atoms with Gasteiger partial charge >= 0.3 is 0 Å². The van der Waals surface area contributed by atoms with Crippen LogP contribution in [-0.2, 0) is 4.79 Å². The predicted molar refractivity (Wildman–Crippen MR) is 138 cm³/mol. The Morgan fingerprint density at radius 1 is 1.06 bits per heavy atom. The lowest BCUT2D eigenvalue weighted by molar-refractivity contribution is -0.128. The van der Waals surface area contributed by atoms with Crippen molar-refractivity contribution in [2.24, 2.45) is 5.73 Å². The number of rotatable bonds is 10. The zero-order chi connectivity index (χ0) is 23.8. The van der Waals surface area contributed by atoms with Crippen LogP contribution in [0.25, 0.3) is 11.3 Å². The highest BCUT2D eigenvalue weighted by molar-refractivity contribution is 7.80. The molecule has 0 saturated carbocycles. The largest absolute Gasteiger partial charge is 0.463 e. The second-order valence-corrected chi connectivity index (χ2v) is 8.45. The number of ether oxygens (including phenoxy) is 1. The first-order valence-electron chi connectivity index (χ1n) is 11.1. The minimum absolute atomic E-state index is 0.120. The normalized spacial score (nSPS) is 13.6. The minimum atomic E-state index is -0.742. The molecule has 0 fully saturated rings. The fourth-order valence-corrected chi connectivity index (χ4v) is 3.57. The maximum absolute atomic E-state index is 12.9. The number of amides is 1. The summed E-state index contributed by atoms with van der Waals surface area (Å²) in [5, 5.41) is 6.31. The maximum atomic E-state index is 12.9. The molecule has 0 bridgehead atoms. The summed E-state index contributed by atoms with van der Waals surface area (Å²) in [6, 6.07) is 21.4. The summed E-state index contributed by atoms with van der Waals surface area (Å²) in [5.41, 5.74) is 10.6. The third-order valence-electron chi connectivity index (χ3n) is 5.39. The Kier molecular flexibility index (Phi) is 8.74.